The SMILES string of the molecule is CN(C)c1nc(NC(=O)c2ccccc2C(F)(F)F)c(C(=O)OC(C)(C)C)n1-c1ccccc1. The van der Waals surface area contributed by atoms with E-state index in [0.29, 0.717) is 5.69 Å². The summed E-state index contributed by atoms with van der Waals surface area (Å²) in [6.45, 7) is 5.04. The Labute approximate surface area is 195 Å². The summed E-state index contributed by atoms with van der Waals surface area (Å²) in [4.78, 5) is 32.1. The normalized spacial score (nSPS) is 11.8. The van der Waals surface area contributed by atoms with Crippen LogP contribution in [0.1, 0.15) is 47.2 Å². The summed E-state index contributed by atoms with van der Waals surface area (Å²) < 4.78 is 47.4. The minimum atomic E-state index is -4.74. The molecular weight excluding hydrogens is 449 g/mol. The van der Waals surface area contributed by atoms with Gasteiger partial charge >= 0.3 is 12.1 Å². The molecule has 3 rings (SSSR count). The van der Waals surface area contributed by atoms with Gasteiger partial charge in [0, 0.05) is 19.8 Å². The van der Waals surface area contributed by atoms with Crippen molar-refractivity contribution in [3.05, 3.63) is 71.4 Å². The zero-order valence-corrected chi connectivity index (χ0v) is 19.4. The Morgan fingerprint density at radius 2 is 1.56 bits per heavy atom. The van der Waals surface area contributed by atoms with E-state index in [0.717, 1.165) is 12.1 Å². The smallest absolute Gasteiger partial charge is 0.417 e. The summed E-state index contributed by atoms with van der Waals surface area (Å²) in [6, 6.07) is 13.2. The third-order valence-electron chi connectivity index (χ3n) is 4.58. The fourth-order valence-electron chi connectivity index (χ4n) is 3.24. The molecule has 0 radical (unpaired) electrons. The number of rotatable bonds is 5. The van der Waals surface area contributed by atoms with E-state index in [2.05, 4.69) is 10.3 Å². The van der Waals surface area contributed by atoms with Gasteiger partial charge < -0.3 is 15.0 Å². The van der Waals surface area contributed by atoms with Crippen molar-refractivity contribution in [2.45, 2.75) is 32.5 Å². The number of anilines is 2. The zero-order chi connectivity index (χ0) is 25.3. The van der Waals surface area contributed by atoms with Crippen LogP contribution in [0.15, 0.2) is 54.6 Å². The molecule has 1 aromatic heterocycles. The number of halogens is 3. The van der Waals surface area contributed by atoms with Gasteiger partial charge in [0.15, 0.2) is 11.5 Å². The predicted octanol–water partition coefficient (Wildman–Crippen LogP) is 5.16. The Bertz CT molecular complexity index is 1200. The maximum atomic E-state index is 13.5. The molecule has 0 fully saturated rings. The number of carbonyl (C=O) groups is 2. The maximum absolute atomic E-state index is 13.5. The first kappa shape index (κ1) is 24.8. The first-order valence-electron chi connectivity index (χ1n) is 10.4. The maximum Gasteiger partial charge on any atom is 0.417 e. The number of esters is 1. The van der Waals surface area contributed by atoms with Gasteiger partial charge in [0.25, 0.3) is 5.91 Å². The highest BCUT2D eigenvalue weighted by Crippen LogP contribution is 2.33. The molecule has 0 saturated carbocycles. The number of hydrogen-bond acceptors (Lipinski definition) is 5. The van der Waals surface area contributed by atoms with Crippen molar-refractivity contribution in [2.24, 2.45) is 0 Å². The second-order valence-electron chi connectivity index (χ2n) is 8.67. The molecule has 7 nitrogen and oxygen atoms in total. The Morgan fingerprint density at radius 3 is 2.12 bits per heavy atom. The second-order valence-corrected chi connectivity index (χ2v) is 8.67. The number of ether oxygens (including phenoxy) is 1. The number of para-hydroxylation sites is 1. The van der Waals surface area contributed by atoms with Crippen LogP contribution in [0, 0.1) is 0 Å². The summed E-state index contributed by atoms with van der Waals surface area (Å²) in [5, 5.41) is 2.39. The van der Waals surface area contributed by atoms with E-state index in [4.69, 9.17) is 4.74 Å². The molecule has 0 saturated heterocycles. The molecule has 0 bridgehead atoms. The molecule has 0 aliphatic rings. The number of carbonyl (C=O) groups excluding carboxylic acids is 2. The quantitative estimate of drug-likeness (QED) is 0.517. The van der Waals surface area contributed by atoms with Crippen LogP contribution in [0.4, 0.5) is 24.9 Å². The molecule has 0 aliphatic carbocycles. The van der Waals surface area contributed by atoms with Crippen LogP contribution in [0.2, 0.25) is 0 Å². The van der Waals surface area contributed by atoms with Gasteiger partial charge in [0.2, 0.25) is 5.95 Å². The van der Waals surface area contributed by atoms with E-state index in [1.807, 2.05) is 0 Å². The van der Waals surface area contributed by atoms with Crippen LogP contribution in [-0.4, -0.2) is 41.1 Å². The van der Waals surface area contributed by atoms with Crippen molar-refractivity contribution >= 4 is 23.6 Å². The number of aromatic nitrogens is 2. The van der Waals surface area contributed by atoms with Gasteiger partial charge in [-0.2, -0.15) is 18.2 Å². The third-order valence-corrected chi connectivity index (χ3v) is 4.58. The van der Waals surface area contributed by atoms with Crippen molar-refractivity contribution in [3.63, 3.8) is 0 Å². The Kier molecular flexibility index (Phi) is 6.72. The molecule has 0 spiro atoms. The van der Waals surface area contributed by atoms with Crippen LogP contribution in [0.5, 0.6) is 0 Å². The highest BCUT2D eigenvalue weighted by atomic mass is 19.4. The van der Waals surface area contributed by atoms with Crippen molar-refractivity contribution in [1.82, 2.24) is 9.55 Å². The zero-order valence-electron chi connectivity index (χ0n) is 19.4. The van der Waals surface area contributed by atoms with Gasteiger partial charge in [-0.3, -0.25) is 9.36 Å². The minimum absolute atomic E-state index is 0.123. The van der Waals surface area contributed by atoms with Gasteiger partial charge in [0.05, 0.1) is 11.1 Å². The van der Waals surface area contributed by atoms with Crippen LogP contribution in [0.3, 0.4) is 0 Å². The van der Waals surface area contributed by atoms with Crippen molar-refractivity contribution in [1.29, 1.82) is 0 Å². The summed E-state index contributed by atoms with van der Waals surface area (Å²) in [7, 11) is 3.37. The molecule has 0 unspecified atom stereocenters. The largest absolute Gasteiger partial charge is 0.455 e. The third kappa shape index (κ3) is 5.38. The summed E-state index contributed by atoms with van der Waals surface area (Å²) in [5.74, 6) is -1.80. The molecule has 1 heterocycles. The topological polar surface area (TPSA) is 76.5 Å². The van der Waals surface area contributed by atoms with Crippen molar-refractivity contribution < 1.29 is 27.5 Å². The molecule has 180 valence electrons. The highest BCUT2D eigenvalue weighted by molar-refractivity contribution is 6.08. The van der Waals surface area contributed by atoms with Crippen LogP contribution < -0.4 is 10.2 Å². The van der Waals surface area contributed by atoms with E-state index >= 15 is 0 Å². The Hall–Kier alpha value is -3.82. The Balaban J connectivity index is 2.18. The average molecular weight is 474 g/mol. The van der Waals surface area contributed by atoms with Crippen LogP contribution in [0.25, 0.3) is 5.69 Å². The van der Waals surface area contributed by atoms with E-state index < -0.39 is 34.8 Å². The fraction of sp³-hybridized carbons (Fsp3) is 0.292. The molecule has 1 amide bonds. The summed E-state index contributed by atoms with van der Waals surface area (Å²) in [5.41, 5.74) is -2.13. The van der Waals surface area contributed by atoms with Crippen LogP contribution in [-0.2, 0) is 10.9 Å². The molecule has 2 aromatic carbocycles. The average Bonchev–Trinajstić information content (AvgIpc) is 3.12. The number of hydrogen-bond donors (Lipinski definition) is 1. The number of nitrogens with zero attached hydrogens (tertiary/aromatic N) is 3. The first-order valence-corrected chi connectivity index (χ1v) is 10.4. The standard InChI is InChI=1S/C24H25F3N4O3/c1-23(2,3)34-21(33)18-19(28-20(32)16-13-9-10-14-17(16)24(25,26)27)29-22(30(4)5)31(18)15-11-7-6-8-12-15/h6-14H,1-5H3,(H,28,32). The van der Waals surface area contributed by atoms with E-state index in [9.17, 15) is 22.8 Å². The van der Waals surface area contributed by atoms with E-state index in [1.165, 1.54) is 16.7 Å². The molecular formula is C24H25F3N4O3. The molecule has 0 aliphatic heterocycles. The van der Waals surface area contributed by atoms with Gasteiger partial charge in [-0.05, 0) is 45.0 Å². The molecule has 0 atom stereocenters. The lowest BCUT2D eigenvalue weighted by atomic mass is 10.1. The number of amides is 1. The molecule has 10 heteroatoms. The lowest BCUT2D eigenvalue weighted by molar-refractivity contribution is -0.137. The van der Waals surface area contributed by atoms with E-state index in [1.54, 1.807) is 70.1 Å². The summed E-state index contributed by atoms with van der Waals surface area (Å²) in [6.07, 6.45) is -4.74. The number of imidazole rings is 1. The minimum Gasteiger partial charge on any atom is -0.455 e. The second kappa shape index (κ2) is 9.20. The summed E-state index contributed by atoms with van der Waals surface area (Å²) >= 11 is 0. The fourth-order valence-corrected chi connectivity index (χ4v) is 3.24. The number of nitrogens with one attached hydrogen (secondary N) is 1. The first-order chi connectivity index (χ1) is 15.8. The molecule has 3 aromatic rings. The van der Waals surface area contributed by atoms with Gasteiger partial charge in [-0.25, -0.2) is 4.79 Å². The van der Waals surface area contributed by atoms with Crippen molar-refractivity contribution in [3.8, 4) is 5.69 Å². The predicted molar refractivity (Wildman–Crippen MR) is 122 cm³/mol. The monoisotopic (exact) mass is 474 g/mol. The highest BCUT2D eigenvalue weighted by Gasteiger charge is 2.36. The van der Waals surface area contributed by atoms with Crippen LogP contribution >= 0.6 is 0 Å². The lowest BCUT2D eigenvalue weighted by Crippen LogP contribution is -2.27. The van der Waals surface area contributed by atoms with E-state index in [-0.39, 0.29) is 17.5 Å². The van der Waals surface area contributed by atoms with Crippen molar-refractivity contribution in [2.75, 3.05) is 24.3 Å². The molecule has 34 heavy (non-hydrogen) atoms. The number of alkyl halides is 3. The van der Waals surface area contributed by atoms with Gasteiger partial charge in [-0.15, -0.1) is 0 Å². The van der Waals surface area contributed by atoms with Gasteiger partial charge in [0.1, 0.15) is 5.60 Å². The number of benzene rings is 2. The molecule has 1 N–H and O–H groups in total. The Morgan fingerprint density at radius 1 is 0.971 bits per heavy atom. The van der Waals surface area contributed by atoms with Gasteiger partial charge in [-0.1, -0.05) is 30.3 Å². The lowest BCUT2D eigenvalue weighted by Gasteiger charge is -2.21.